The Labute approximate surface area is 199 Å². The fourth-order valence-corrected chi connectivity index (χ4v) is 4.73. The number of amidine groups is 2. The molecule has 5 rings (SSSR count). The SMILES string of the molecule is O=C(CC[C@@H]1N=C2c3ccccc3N=C(SCc3ccc(F)cc3)N2C1=O)NCc1ccco1. The van der Waals surface area contributed by atoms with Crippen molar-refractivity contribution in [2.45, 2.75) is 31.2 Å². The molecule has 34 heavy (non-hydrogen) atoms. The first kappa shape index (κ1) is 22.1. The van der Waals surface area contributed by atoms with E-state index in [9.17, 15) is 14.0 Å². The minimum Gasteiger partial charge on any atom is -0.467 e. The Morgan fingerprint density at radius 3 is 2.74 bits per heavy atom. The van der Waals surface area contributed by atoms with E-state index in [1.54, 1.807) is 35.4 Å². The highest BCUT2D eigenvalue weighted by molar-refractivity contribution is 8.13. The van der Waals surface area contributed by atoms with Crippen molar-refractivity contribution in [1.82, 2.24) is 10.2 Å². The molecule has 7 nitrogen and oxygen atoms in total. The topological polar surface area (TPSA) is 87.3 Å². The number of hydrogen-bond acceptors (Lipinski definition) is 6. The van der Waals surface area contributed by atoms with Gasteiger partial charge in [-0.3, -0.25) is 14.6 Å². The molecule has 2 amide bonds. The van der Waals surface area contributed by atoms with Crippen LogP contribution in [0.3, 0.4) is 0 Å². The van der Waals surface area contributed by atoms with Crippen molar-refractivity contribution >= 4 is 40.3 Å². The molecule has 2 aromatic carbocycles. The Bertz CT molecular complexity index is 1270. The molecule has 1 N–H and O–H groups in total. The van der Waals surface area contributed by atoms with Gasteiger partial charge in [0.1, 0.15) is 23.5 Å². The van der Waals surface area contributed by atoms with Crippen LogP contribution in [0.4, 0.5) is 10.1 Å². The van der Waals surface area contributed by atoms with Crippen LogP contribution < -0.4 is 5.32 Å². The Kier molecular flexibility index (Phi) is 6.27. The van der Waals surface area contributed by atoms with E-state index in [0.29, 0.717) is 35.5 Å². The third-order valence-electron chi connectivity index (χ3n) is 5.51. The Balaban J connectivity index is 1.29. The van der Waals surface area contributed by atoms with Gasteiger partial charge in [0.05, 0.1) is 18.5 Å². The van der Waals surface area contributed by atoms with E-state index in [2.05, 4.69) is 10.3 Å². The Hall–Kier alpha value is -3.72. The summed E-state index contributed by atoms with van der Waals surface area (Å²) in [7, 11) is 0. The summed E-state index contributed by atoms with van der Waals surface area (Å²) in [4.78, 5) is 36.5. The fourth-order valence-electron chi connectivity index (χ4n) is 3.77. The molecule has 0 aliphatic carbocycles. The lowest BCUT2D eigenvalue weighted by molar-refractivity contribution is -0.125. The maximum atomic E-state index is 13.3. The first-order chi connectivity index (χ1) is 16.6. The van der Waals surface area contributed by atoms with Gasteiger partial charge in [0, 0.05) is 17.7 Å². The number of nitrogens with one attached hydrogen (secondary N) is 1. The van der Waals surface area contributed by atoms with Crippen molar-refractivity contribution in [2.24, 2.45) is 9.98 Å². The number of carbonyl (C=O) groups excluding carboxylic acids is 2. The van der Waals surface area contributed by atoms with Crippen LogP contribution in [0.5, 0.6) is 0 Å². The number of benzene rings is 2. The van der Waals surface area contributed by atoms with Crippen LogP contribution >= 0.6 is 11.8 Å². The van der Waals surface area contributed by atoms with Gasteiger partial charge in [-0.1, -0.05) is 36.0 Å². The molecule has 1 atom stereocenters. The Morgan fingerprint density at radius 2 is 1.94 bits per heavy atom. The minimum absolute atomic E-state index is 0.165. The first-order valence-electron chi connectivity index (χ1n) is 10.8. The second-order valence-corrected chi connectivity index (χ2v) is 8.81. The van der Waals surface area contributed by atoms with Crippen molar-refractivity contribution in [3.05, 3.63) is 89.6 Å². The van der Waals surface area contributed by atoms with E-state index < -0.39 is 6.04 Å². The number of furan rings is 1. The maximum absolute atomic E-state index is 13.3. The minimum atomic E-state index is -0.660. The van der Waals surface area contributed by atoms with Crippen LogP contribution in [-0.4, -0.2) is 33.8 Å². The number of carbonyl (C=O) groups is 2. The average molecular weight is 477 g/mol. The summed E-state index contributed by atoms with van der Waals surface area (Å²) in [5, 5.41) is 3.32. The largest absolute Gasteiger partial charge is 0.467 e. The smallest absolute Gasteiger partial charge is 0.259 e. The van der Waals surface area contributed by atoms with Gasteiger partial charge in [-0.05, 0) is 48.4 Å². The van der Waals surface area contributed by atoms with Gasteiger partial charge in [-0.2, -0.15) is 0 Å². The predicted molar refractivity (Wildman–Crippen MR) is 128 cm³/mol. The molecule has 1 aromatic heterocycles. The van der Waals surface area contributed by atoms with Gasteiger partial charge in [-0.25, -0.2) is 14.3 Å². The van der Waals surface area contributed by atoms with Crippen LogP contribution in [-0.2, 0) is 21.9 Å². The van der Waals surface area contributed by atoms with E-state index in [1.807, 2.05) is 24.3 Å². The van der Waals surface area contributed by atoms with Gasteiger partial charge in [0.25, 0.3) is 5.91 Å². The van der Waals surface area contributed by atoms with Crippen molar-refractivity contribution < 1.29 is 18.4 Å². The molecule has 2 aliphatic rings. The number of para-hydroxylation sites is 1. The summed E-state index contributed by atoms with van der Waals surface area (Å²) < 4.78 is 18.5. The third kappa shape index (κ3) is 4.65. The average Bonchev–Trinajstić information content (AvgIpc) is 3.49. The van der Waals surface area contributed by atoms with Crippen molar-refractivity contribution in [1.29, 1.82) is 0 Å². The molecule has 9 heteroatoms. The molecule has 0 saturated heterocycles. The molecule has 0 saturated carbocycles. The standard InChI is InChI=1S/C25H21FN4O3S/c26-17-9-7-16(8-10-17)15-34-25-29-20-6-2-1-5-19(20)23-28-21(24(32)30(23)25)11-12-22(31)27-14-18-4-3-13-33-18/h1-10,13,21H,11-12,14-15H2,(H,27,31)/t21-/m0/s1. The molecule has 0 unspecified atom stereocenters. The summed E-state index contributed by atoms with van der Waals surface area (Å²) in [5.74, 6) is 1.08. The van der Waals surface area contributed by atoms with Crippen molar-refractivity contribution in [3.8, 4) is 0 Å². The summed E-state index contributed by atoms with van der Waals surface area (Å²) in [6.07, 6.45) is 2.01. The van der Waals surface area contributed by atoms with E-state index in [1.165, 1.54) is 23.9 Å². The number of aliphatic imine (C=N–C) groups is 2. The lowest BCUT2D eigenvalue weighted by Gasteiger charge is -2.25. The molecule has 3 aromatic rings. The summed E-state index contributed by atoms with van der Waals surface area (Å²) in [6.45, 7) is 0.301. The number of halogens is 1. The number of amides is 2. The zero-order valence-electron chi connectivity index (χ0n) is 18.1. The number of hydrogen-bond donors (Lipinski definition) is 1. The lowest BCUT2D eigenvalue weighted by atomic mass is 10.1. The van der Waals surface area contributed by atoms with Crippen LogP contribution in [0, 0.1) is 5.82 Å². The van der Waals surface area contributed by atoms with Crippen molar-refractivity contribution in [2.75, 3.05) is 0 Å². The number of nitrogens with zero attached hydrogens (tertiary/aromatic N) is 3. The van der Waals surface area contributed by atoms with Crippen LogP contribution in [0.25, 0.3) is 0 Å². The van der Waals surface area contributed by atoms with Gasteiger partial charge in [0.15, 0.2) is 5.17 Å². The first-order valence-corrected chi connectivity index (χ1v) is 11.8. The van der Waals surface area contributed by atoms with Crippen LogP contribution in [0.1, 0.15) is 29.7 Å². The summed E-state index contributed by atoms with van der Waals surface area (Å²) >= 11 is 1.40. The fraction of sp³-hybridized carbons (Fsp3) is 0.200. The highest BCUT2D eigenvalue weighted by Gasteiger charge is 2.41. The van der Waals surface area contributed by atoms with Crippen molar-refractivity contribution in [3.63, 3.8) is 0 Å². The highest BCUT2D eigenvalue weighted by atomic mass is 32.2. The number of fused-ring (bicyclic) bond motifs is 3. The third-order valence-corrected chi connectivity index (χ3v) is 6.52. The molecule has 0 radical (unpaired) electrons. The number of rotatable bonds is 7. The van der Waals surface area contributed by atoms with E-state index in [-0.39, 0.29) is 24.1 Å². The van der Waals surface area contributed by atoms with E-state index >= 15 is 0 Å². The molecule has 172 valence electrons. The normalized spacial score (nSPS) is 16.6. The molecule has 0 fully saturated rings. The molecule has 3 heterocycles. The van der Waals surface area contributed by atoms with Gasteiger partial charge in [0.2, 0.25) is 5.91 Å². The lowest BCUT2D eigenvalue weighted by Crippen LogP contribution is -2.41. The maximum Gasteiger partial charge on any atom is 0.259 e. The zero-order valence-corrected chi connectivity index (χ0v) is 18.9. The second-order valence-electron chi connectivity index (χ2n) is 7.86. The van der Waals surface area contributed by atoms with E-state index in [0.717, 1.165) is 16.8 Å². The summed E-state index contributed by atoms with van der Waals surface area (Å²) in [5.41, 5.74) is 2.44. The molecular weight excluding hydrogens is 455 g/mol. The number of thioether (sulfide) groups is 1. The monoisotopic (exact) mass is 476 g/mol. The molecular formula is C25H21FN4O3S. The quantitative estimate of drug-likeness (QED) is 0.547. The zero-order chi connectivity index (χ0) is 23.5. The Morgan fingerprint density at radius 1 is 1.12 bits per heavy atom. The summed E-state index contributed by atoms with van der Waals surface area (Å²) in [6, 6.07) is 16.7. The van der Waals surface area contributed by atoms with Gasteiger partial charge < -0.3 is 9.73 Å². The van der Waals surface area contributed by atoms with Gasteiger partial charge in [-0.15, -0.1) is 0 Å². The second kappa shape index (κ2) is 9.64. The van der Waals surface area contributed by atoms with E-state index in [4.69, 9.17) is 9.41 Å². The van der Waals surface area contributed by atoms with Crippen LogP contribution in [0.15, 0.2) is 81.3 Å². The predicted octanol–water partition coefficient (Wildman–Crippen LogP) is 4.41. The molecule has 2 aliphatic heterocycles. The highest BCUT2D eigenvalue weighted by Crippen LogP contribution is 2.35. The molecule has 0 spiro atoms. The van der Waals surface area contributed by atoms with Gasteiger partial charge >= 0.3 is 0 Å². The molecule has 0 bridgehead atoms. The van der Waals surface area contributed by atoms with Crippen LogP contribution in [0.2, 0.25) is 0 Å².